The van der Waals surface area contributed by atoms with E-state index in [1.165, 1.54) is 37.5 Å². The van der Waals surface area contributed by atoms with Gasteiger partial charge in [0.2, 0.25) is 0 Å². The summed E-state index contributed by atoms with van der Waals surface area (Å²) in [7, 11) is 0. The van der Waals surface area contributed by atoms with Gasteiger partial charge in [0, 0.05) is 0 Å². The predicted octanol–water partition coefficient (Wildman–Crippen LogP) is 5.64. The van der Waals surface area contributed by atoms with Crippen LogP contribution in [0.1, 0.15) is 24.0 Å². The fraction of sp³-hybridized carbons (Fsp3) is 0.176. The highest BCUT2D eigenvalue weighted by Crippen LogP contribution is 2.34. The number of hydrogen-bond donors (Lipinski definition) is 0. The standard InChI is InChI=1S/C17H15I/c1-12-6-11-16(13-7-9-14(18)10-8-13)17-5-3-2-4-15(12)17/h2-7,9,11H,8,10H2,1H3. The lowest BCUT2D eigenvalue weighted by Gasteiger charge is -2.15. The molecule has 0 bridgehead atoms. The molecule has 0 atom stereocenters. The first-order valence-corrected chi connectivity index (χ1v) is 7.37. The molecule has 3 rings (SSSR count). The van der Waals surface area contributed by atoms with Gasteiger partial charge in [-0.3, -0.25) is 0 Å². The van der Waals surface area contributed by atoms with Crippen LogP contribution in [-0.2, 0) is 0 Å². The molecule has 0 amide bonds. The summed E-state index contributed by atoms with van der Waals surface area (Å²) in [4.78, 5) is 0. The van der Waals surface area contributed by atoms with Crippen molar-refractivity contribution in [2.75, 3.05) is 0 Å². The molecule has 2 aromatic carbocycles. The number of hydrogen-bond acceptors (Lipinski definition) is 0. The highest BCUT2D eigenvalue weighted by Gasteiger charge is 2.10. The smallest absolute Gasteiger partial charge is 0.00906 e. The Hall–Kier alpha value is -1.09. The van der Waals surface area contributed by atoms with Gasteiger partial charge in [-0.25, -0.2) is 0 Å². The molecule has 0 aromatic heterocycles. The minimum absolute atomic E-state index is 1.15. The zero-order chi connectivity index (χ0) is 12.5. The van der Waals surface area contributed by atoms with Gasteiger partial charge in [-0.15, -0.1) is 0 Å². The number of halogens is 1. The van der Waals surface area contributed by atoms with Gasteiger partial charge in [0.1, 0.15) is 0 Å². The molecule has 0 unspecified atom stereocenters. The Morgan fingerprint density at radius 3 is 2.39 bits per heavy atom. The lowest BCUT2D eigenvalue weighted by molar-refractivity contribution is 1.05. The van der Waals surface area contributed by atoms with Gasteiger partial charge < -0.3 is 0 Å². The maximum absolute atomic E-state index is 2.43. The summed E-state index contributed by atoms with van der Waals surface area (Å²) < 4.78 is 1.45. The maximum Gasteiger partial charge on any atom is -0.00906 e. The van der Waals surface area contributed by atoms with E-state index in [-0.39, 0.29) is 0 Å². The van der Waals surface area contributed by atoms with E-state index >= 15 is 0 Å². The van der Waals surface area contributed by atoms with Gasteiger partial charge in [0.25, 0.3) is 0 Å². The molecule has 1 heteroatoms. The van der Waals surface area contributed by atoms with Gasteiger partial charge in [-0.05, 0) is 73.4 Å². The topological polar surface area (TPSA) is 0 Å². The fourth-order valence-corrected chi connectivity index (χ4v) is 3.02. The summed E-state index contributed by atoms with van der Waals surface area (Å²) in [5.74, 6) is 0. The van der Waals surface area contributed by atoms with Gasteiger partial charge >= 0.3 is 0 Å². The molecule has 18 heavy (non-hydrogen) atoms. The second-order valence-electron chi connectivity index (χ2n) is 4.78. The minimum Gasteiger partial charge on any atom is -0.0616 e. The first-order valence-electron chi connectivity index (χ1n) is 6.29. The number of benzene rings is 2. The van der Waals surface area contributed by atoms with Crippen molar-refractivity contribution in [1.29, 1.82) is 0 Å². The number of aryl methyl sites for hydroxylation is 1. The van der Waals surface area contributed by atoms with E-state index in [0.29, 0.717) is 0 Å². The number of rotatable bonds is 1. The van der Waals surface area contributed by atoms with E-state index in [0.717, 1.165) is 6.42 Å². The predicted molar refractivity (Wildman–Crippen MR) is 88.0 cm³/mol. The first-order chi connectivity index (χ1) is 8.75. The molecule has 0 N–H and O–H groups in total. The molecule has 1 aliphatic carbocycles. The zero-order valence-electron chi connectivity index (χ0n) is 10.4. The van der Waals surface area contributed by atoms with Crippen LogP contribution < -0.4 is 0 Å². The highest BCUT2D eigenvalue weighted by atomic mass is 127. The van der Waals surface area contributed by atoms with Gasteiger partial charge in [-0.1, -0.05) is 48.6 Å². The van der Waals surface area contributed by atoms with Crippen molar-refractivity contribution in [2.45, 2.75) is 19.8 Å². The average molecular weight is 346 g/mol. The molecule has 0 heterocycles. The summed E-state index contributed by atoms with van der Waals surface area (Å²) >= 11 is 2.43. The van der Waals surface area contributed by atoms with Gasteiger partial charge in [-0.2, -0.15) is 0 Å². The van der Waals surface area contributed by atoms with E-state index in [4.69, 9.17) is 0 Å². The minimum atomic E-state index is 1.15. The van der Waals surface area contributed by atoms with E-state index in [2.05, 4.69) is 78.1 Å². The fourth-order valence-electron chi connectivity index (χ4n) is 2.57. The van der Waals surface area contributed by atoms with Gasteiger partial charge in [0.15, 0.2) is 0 Å². The zero-order valence-corrected chi connectivity index (χ0v) is 12.6. The second kappa shape index (κ2) is 4.88. The first kappa shape index (κ1) is 12.0. The summed E-state index contributed by atoms with van der Waals surface area (Å²) in [6, 6.07) is 13.2. The molecule has 90 valence electrons. The lowest BCUT2D eigenvalue weighted by atomic mass is 9.91. The summed E-state index contributed by atoms with van der Waals surface area (Å²) in [6.45, 7) is 2.18. The third-order valence-corrected chi connectivity index (χ3v) is 4.49. The van der Waals surface area contributed by atoms with E-state index in [9.17, 15) is 0 Å². The molecule has 0 aliphatic heterocycles. The van der Waals surface area contributed by atoms with Crippen molar-refractivity contribution in [3.05, 3.63) is 63.3 Å². The van der Waals surface area contributed by atoms with Crippen LogP contribution >= 0.6 is 22.6 Å². The lowest BCUT2D eigenvalue weighted by Crippen LogP contribution is -1.92. The molecule has 0 radical (unpaired) electrons. The van der Waals surface area contributed by atoms with Crippen molar-refractivity contribution in [2.24, 2.45) is 0 Å². The molecule has 0 nitrogen and oxygen atoms in total. The van der Waals surface area contributed by atoms with Crippen molar-refractivity contribution in [1.82, 2.24) is 0 Å². The van der Waals surface area contributed by atoms with E-state index in [1.807, 2.05) is 0 Å². The molecule has 0 saturated carbocycles. The van der Waals surface area contributed by atoms with Crippen LogP contribution in [0.3, 0.4) is 0 Å². The Balaban J connectivity index is 2.22. The Morgan fingerprint density at radius 2 is 1.67 bits per heavy atom. The highest BCUT2D eigenvalue weighted by molar-refractivity contribution is 14.1. The molecule has 0 fully saturated rings. The van der Waals surface area contributed by atoms with Crippen LogP contribution in [0.15, 0.2) is 52.1 Å². The van der Waals surface area contributed by atoms with Crippen LogP contribution in [0.2, 0.25) is 0 Å². The quantitative estimate of drug-likeness (QED) is 0.586. The Kier molecular flexibility index (Phi) is 3.25. The number of fused-ring (bicyclic) bond motifs is 1. The van der Waals surface area contributed by atoms with Crippen LogP contribution in [0.25, 0.3) is 16.3 Å². The van der Waals surface area contributed by atoms with Crippen LogP contribution in [0.5, 0.6) is 0 Å². The van der Waals surface area contributed by atoms with Crippen LogP contribution in [-0.4, -0.2) is 0 Å². The maximum atomic E-state index is 2.43. The Bertz CT molecular complexity index is 662. The third kappa shape index (κ3) is 2.12. The Labute approximate surface area is 122 Å². The Morgan fingerprint density at radius 1 is 0.889 bits per heavy atom. The SMILES string of the molecule is Cc1ccc(C2=CC=C(I)CC2)c2ccccc12. The van der Waals surface area contributed by atoms with Crippen LogP contribution in [0, 0.1) is 6.92 Å². The molecular weight excluding hydrogens is 331 g/mol. The van der Waals surface area contributed by atoms with Crippen molar-refractivity contribution >= 4 is 38.9 Å². The monoisotopic (exact) mass is 346 g/mol. The van der Waals surface area contributed by atoms with Crippen molar-refractivity contribution < 1.29 is 0 Å². The molecular formula is C17H15I. The largest absolute Gasteiger partial charge is 0.0616 e. The average Bonchev–Trinajstić information content (AvgIpc) is 2.41. The van der Waals surface area contributed by atoms with E-state index in [1.54, 1.807) is 0 Å². The van der Waals surface area contributed by atoms with E-state index < -0.39 is 0 Å². The summed E-state index contributed by atoms with van der Waals surface area (Å²) in [5, 5.41) is 2.76. The molecule has 2 aromatic rings. The molecule has 0 saturated heterocycles. The van der Waals surface area contributed by atoms with Crippen molar-refractivity contribution in [3.8, 4) is 0 Å². The third-order valence-electron chi connectivity index (χ3n) is 3.59. The van der Waals surface area contributed by atoms with Crippen molar-refractivity contribution in [3.63, 3.8) is 0 Å². The van der Waals surface area contributed by atoms with Crippen LogP contribution in [0.4, 0.5) is 0 Å². The normalized spacial score (nSPS) is 15.4. The number of allylic oxidation sites excluding steroid dienone is 4. The summed E-state index contributed by atoms with van der Waals surface area (Å²) in [5.41, 5.74) is 4.22. The molecule has 0 spiro atoms. The van der Waals surface area contributed by atoms with Gasteiger partial charge in [0.05, 0.1) is 0 Å². The molecule has 1 aliphatic rings. The summed E-state index contributed by atoms with van der Waals surface area (Å²) in [6.07, 6.45) is 6.85. The second-order valence-corrected chi connectivity index (χ2v) is 6.17.